The van der Waals surface area contributed by atoms with E-state index in [1.807, 2.05) is 11.6 Å². The molecule has 0 spiro atoms. The number of ether oxygens (including phenoxy) is 1. The summed E-state index contributed by atoms with van der Waals surface area (Å²) in [7, 11) is 0. The number of nitrogens with zero attached hydrogens (tertiary/aromatic N) is 5. The minimum absolute atomic E-state index is 0.0276. The molecule has 0 amide bonds. The van der Waals surface area contributed by atoms with Crippen LogP contribution in [0.5, 0.6) is 0 Å². The molecule has 3 aromatic rings. The smallest absolute Gasteiger partial charge is 0.307 e. The molecule has 164 valence electrons. The van der Waals surface area contributed by atoms with E-state index in [0.29, 0.717) is 24.8 Å². The molecule has 1 saturated carbocycles. The zero-order valence-electron chi connectivity index (χ0n) is 17.8. The fourth-order valence-electron chi connectivity index (χ4n) is 4.68. The van der Waals surface area contributed by atoms with Crippen LogP contribution in [0.25, 0.3) is 22.5 Å². The minimum Gasteiger partial charge on any atom is -0.466 e. The minimum atomic E-state index is -0.188. The lowest BCUT2D eigenvalue weighted by atomic mass is 9.87. The predicted molar refractivity (Wildman–Crippen MR) is 114 cm³/mol. The van der Waals surface area contributed by atoms with E-state index < -0.39 is 0 Å². The number of hydrogen-bond donors (Lipinski definition) is 1. The molecule has 4 heterocycles. The van der Waals surface area contributed by atoms with Crippen molar-refractivity contribution in [3.63, 3.8) is 0 Å². The predicted octanol–water partition coefficient (Wildman–Crippen LogP) is 3.74. The Morgan fingerprint density at radius 3 is 2.87 bits per heavy atom. The summed E-state index contributed by atoms with van der Waals surface area (Å²) in [6.07, 6.45) is 11.9. The van der Waals surface area contributed by atoms with Gasteiger partial charge in [-0.15, -0.1) is 0 Å². The third-order valence-corrected chi connectivity index (χ3v) is 6.35. The maximum Gasteiger partial charge on any atom is 0.307 e. The van der Waals surface area contributed by atoms with Crippen molar-refractivity contribution in [3.8, 4) is 11.5 Å². The topological polar surface area (TPSA) is 108 Å². The lowest BCUT2D eigenvalue weighted by molar-refractivity contribution is -0.147. The number of nitrogens with one attached hydrogen (secondary N) is 1. The van der Waals surface area contributed by atoms with Crippen molar-refractivity contribution < 1.29 is 14.1 Å². The molecule has 0 bridgehead atoms. The molecule has 3 aromatic heterocycles. The first-order valence-corrected chi connectivity index (χ1v) is 11.3. The van der Waals surface area contributed by atoms with Gasteiger partial charge in [0.25, 0.3) is 5.89 Å². The summed E-state index contributed by atoms with van der Waals surface area (Å²) in [6, 6.07) is -0.0276. The van der Waals surface area contributed by atoms with Gasteiger partial charge in [-0.05, 0) is 12.8 Å². The van der Waals surface area contributed by atoms with Crippen LogP contribution in [0.2, 0.25) is 0 Å². The molecule has 2 aliphatic rings. The second kappa shape index (κ2) is 8.64. The molecule has 5 rings (SSSR count). The fraction of sp³-hybridized carbons (Fsp3) is 0.591. The number of esters is 1. The Hall–Kier alpha value is -2.97. The maximum atomic E-state index is 11.8. The Labute approximate surface area is 180 Å². The average molecular weight is 425 g/mol. The maximum absolute atomic E-state index is 11.8. The van der Waals surface area contributed by atoms with Crippen molar-refractivity contribution in [2.45, 2.75) is 70.9 Å². The van der Waals surface area contributed by atoms with Gasteiger partial charge in [0.15, 0.2) is 11.5 Å². The van der Waals surface area contributed by atoms with Crippen molar-refractivity contribution in [2.75, 3.05) is 11.9 Å². The highest BCUT2D eigenvalue weighted by Gasteiger charge is 2.25. The van der Waals surface area contributed by atoms with Crippen LogP contribution in [0.3, 0.4) is 0 Å². The number of anilines is 1. The summed E-state index contributed by atoms with van der Waals surface area (Å²) in [5.74, 6) is 1.64. The highest BCUT2D eigenvalue weighted by atomic mass is 16.5. The summed E-state index contributed by atoms with van der Waals surface area (Å²) < 4.78 is 12.6. The quantitative estimate of drug-likeness (QED) is 0.596. The van der Waals surface area contributed by atoms with E-state index in [0.717, 1.165) is 47.5 Å². The van der Waals surface area contributed by atoms with Gasteiger partial charge >= 0.3 is 5.97 Å². The lowest BCUT2D eigenvalue weighted by Gasteiger charge is -2.24. The van der Waals surface area contributed by atoms with Crippen LogP contribution in [-0.2, 0) is 22.5 Å². The van der Waals surface area contributed by atoms with Crippen molar-refractivity contribution in [1.29, 1.82) is 0 Å². The summed E-state index contributed by atoms with van der Waals surface area (Å²) >= 11 is 0. The third-order valence-electron chi connectivity index (χ3n) is 6.35. The van der Waals surface area contributed by atoms with Gasteiger partial charge in [-0.1, -0.05) is 37.3 Å². The van der Waals surface area contributed by atoms with E-state index >= 15 is 0 Å². The zero-order valence-corrected chi connectivity index (χ0v) is 17.8. The van der Waals surface area contributed by atoms with Crippen molar-refractivity contribution in [1.82, 2.24) is 24.9 Å². The van der Waals surface area contributed by atoms with Gasteiger partial charge in [-0.2, -0.15) is 10.1 Å². The Morgan fingerprint density at radius 1 is 1.19 bits per heavy atom. The molecule has 1 aliphatic heterocycles. The SMILES string of the molecule is CCn1ncc2c(NC3CCOC(=O)C3)c(-c3nc(CC4CCCCC4)no3)cnc21. The van der Waals surface area contributed by atoms with E-state index in [9.17, 15) is 4.79 Å². The Kier molecular flexibility index (Phi) is 5.57. The number of pyridine rings is 1. The first-order valence-electron chi connectivity index (χ1n) is 11.3. The Balaban J connectivity index is 1.48. The van der Waals surface area contributed by atoms with Gasteiger partial charge < -0.3 is 14.6 Å². The van der Waals surface area contributed by atoms with Gasteiger partial charge in [0.1, 0.15) is 0 Å². The Morgan fingerprint density at radius 2 is 2.06 bits per heavy atom. The van der Waals surface area contributed by atoms with Crippen molar-refractivity contribution in [3.05, 3.63) is 18.2 Å². The standard InChI is InChI=1S/C22H28N6O3/c1-2-28-21-16(13-24-28)20(25-15-8-9-30-19(29)11-15)17(12-23-21)22-26-18(27-31-22)10-14-6-4-3-5-7-14/h12-15H,2-11H2,1H3,(H,23,25). The van der Waals surface area contributed by atoms with Gasteiger partial charge in [0, 0.05) is 31.6 Å². The summed E-state index contributed by atoms with van der Waals surface area (Å²) in [5.41, 5.74) is 2.36. The van der Waals surface area contributed by atoms with E-state index in [2.05, 4.69) is 20.6 Å². The van der Waals surface area contributed by atoms with Crippen LogP contribution in [-0.4, -0.2) is 43.5 Å². The molecule has 1 atom stereocenters. The number of rotatable bonds is 6. The lowest BCUT2D eigenvalue weighted by Crippen LogP contribution is -2.31. The summed E-state index contributed by atoms with van der Waals surface area (Å²) in [4.78, 5) is 21.1. The average Bonchev–Trinajstić information content (AvgIpc) is 3.42. The first kappa shape index (κ1) is 20.0. The van der Waals surface area contributed by atoms with E-state index in [1.165, 1.54) is 32.1 Å². The second-order valence-electron chi connectivity index (χ2n) is 8.52. The van der Waals surface area contributed by atoms with Gasteiger partial charge in [-0.25, -0.2) is 9.67 Å². The van der Waals surface area contributed by atoms with Crippen LogP contribution in [0.15, 0.2) is 16.9 Å². The Bertz CT molecular complexity index is 1070. The molecular formula is C22H28N6O3. The van der Waals surface area contributed by atoms with Crippen molar-refractivity contribution in [2.24, 2.45) is 5.92 Å². The second-order valence-corrected chi connectivity index (χ2v) is 8.52. The molecule has 1 aliphatic carbocycles. The van der Waals surface area contributed by atoms with E-state index in [4.69, 9.17) is 14.2 Å². The molecule has 31 heavy (non-hydrogen) atoms. The van der Waals surface area contributed by atoms with Crippen LogP contribution in [0, 0.1) is 5.92 Å². The summed E-state index contributed by atoms with van der Waals surface area (Å²) in [6.45, 7) is 3.17. The molecule has 9 nitrogen and oxygen atoms in total. The molecule has 1 N–H and O–H groups in total. The molecule has 9 heteroatoms. The number of hydrogen-bond acceptors (Lipinski definition) is 8. The number of carbonyl (C=O) groups excluding carboxylic acids is 1. The van der Waals surface area contributed by atoms with Crippen LogP contribution in [0.4, 0.5) is 5.69 Å². The van der Waals surface area contributed by atoms with Crippen molar-refractivity contribution >= 4 is 22.7 Å². The number of carbonyl (C=O) groups is 1. The highest BCUT2D eigenvalue weighted by molar-refractivity contribution is 5.96. The van der Waals surface area contributed by atoms with Gasteiger partial charge in [-0.3, -0.25) is 4.79 Å². The molecule has 1 saturated heterocycles. The third kappa shape index (κ3) is 4.13. The first-order chi connectivity index (χ1) is 15.2. The zero-order chi connectivity index (χ0) is 21.2. The molecule has 0 aromatic carbocycles. The molecule has 2 fully saturated rings. The van der Waals surface area contributed by atoms with E-state index in [-0.39, 0.29) is 12.0 Å². The van der Waals surface area contributed by atoms with Gasteiger partial charge in [0.2, 0.25) is 0 Å². The fourth-order valence-corrected chi connectivity index (χ4v) is 4.68. The largest absolute Gasteiger partial charge is 0.466 e. The molecular weight excluding hydrogens is 396 g/mol. The highest BCUT2D eigenvalue weighted by Crippen LogP contribution is 2.35. The number of cyclic esters (lactones) is 1. The molecule has 0 radical (unpaired) electrons. The molecule has 1 unspecified atom stereocenters. The van der Waals surface area contributed by atoms with Crippen LogP contribution >= 0.6 is 0 Å². The van der Waals surface area contributed by atoms with Crippen LogP contribution < -0.4 is 5.32 Å². The van der Waals surface area contributed by atoms with Crippen LogP contribution in [0.1, 0.15) is 57.7 Å². The number of fused-ring (bicyclic) bond motifs is 1. The van der Waals surface area contributed by atoms with Gasteiger partial charge in [0.05, 0.1) is 35.9 Å². The summed E-state index contributed by atoms with van der Waals surface area (Å²) in [5, 5.41) is 13.1. The normalized spacial score (nSPS) is 20.2. The number of aromatic nitrogens is 5. The monoisotopic (exact) mass is 424 g/mol. The van der Waals surface area contributed by atoms with E-state index in [1.54, 1.807) is 12.4 Å². The number of aryl methyl sites for hydroxylation is 1.